The molecule has 2 aromatic carbocycles. The first kappa shape index (κ1) is 18.1. The Kier molecular flexibility index (Phi) is 4.75. The molecule has 3 N–H and O–H groups in total. The van der Waals surface area contributed by atoms with Crippen molar-refractivity contribution in [3.63, 3.8) is 0 Å². The zero-order chi connectivity index (χ0) is 19.7. The number of nitrogens with one attached hydrogen (secondary N) is 1. The second-order valence-corrected chi connectivity index (χ2v) is 6.51. The summed E-state index contributed by atoms with van der Waals surface area (Å²) in [5.41, 5.74) is 2.98. The molecule has 2 heterocycles. The van der Waals surface area contributed by atoms with Crippen molar-refractivity contribution in [2.45, 2.75) is 13.0 Å². The van der Waals surface area contributed by atoms with E-state index in [1.54, 1.807) is 23.1 Å². The van der Waals surface area contributed by atoms with Crippen molar-refractivity contribution < 1.29 is 19.7 Å². The monoisotopic (exact) mass is 379 g/mol. The van der Waals surface area contributed by atoms with E-state index in [4.69, 9.17) is 4.74 Å². The number of para-hydroxylation sites is 1. The number of hydrogen-bond donors (Lipinski definition) is 3. The zero-order valence-electron chi connectivity index (χ0n) is 15.4. The van der Waals surface area contributed by atoms with Gasteiger partial charge in [-0.25, -0.2) is 0 Å². The van der Waals surface area contributed by atoms with Crippen molar-refractivity contribution in [3.8, 4) is 22.8 Å². The smallest absolute Gasteiger partial charge is 0.273 e. The number of aromatic nitrogens is 2. The van der Waals surface area contributed by atoms with Gasteiger partial charge in [-0.05, 0) is 36.8 Å². The molecule has 1 aromatic heterocycles. The number of rotatable bonds is 6. The molecule has 1 aliphatic heterocycles. The lowest BCUT2D eigenvalue weighted by Crippen LogP contribution is -2.32. The summed E-state index contributed by atoms with van der Waals surface area (Å²) >= 11 is 0. The maximum absolute atomic E-state index is 13.0. The SMILES string of the molecule is CCOc1cccc([C@H]2c3c(-c4ccccc4O)n[nH]c3C(=O)N2CCO)c1. The van der Waals surface area contributed by atoms with Crippen LogP contribution in [0.3, 0.4) is 0 Å². The van der Waals surface area contributed by atoms with E-state index in [1.165, 1.54) is 0 Å². The van der Waals surface area contributed by atoms with Crippen molar-refractivity contribution >= 4 is 5.91 Å². The van der Waals surface area contributed by atoms with Gasteiger partial charge >= 0.3 is 0 Å². The minimum atomic E-state index is -0.441. The summed E-state index contributed by atoms with van der Waals surface area (Å²) in [6.07, 6.45) is 0. The highest BCUT2D eigenvalue weighted by Gasteiger charge is 2.42. The molecule has 0 radical (unpaired) electrons. The van der Waals surface area contributed by atoms with Crippen molar-refractivity contribution in [2.75, 3.05) is 19.8 Å². The Hall–Kier alpha value is -3.32. The highest BCUT2D eigenvalue weighted by Crippen LogP contribution is 2.44. The Labute approximate surface area is 162 Å². The Balaban J connectivity index is 1.89. The van der Waals surface area contributed by atoms with Crippen LogP contribution in [0.5, 0.6) is 11.5 Å². The third-order valence-electron chi connectivity index (χ3n) is 4.85. The van der Waals surface area contributed by atoms with Crippen molar-refractivity contribution in [2.24, 2.45) is 0 Å². The first-order valence-corrected chi connectivity index (χ1v) is 9.17. The number of carbonyl (C=O) groups is 1. The Bertz CT molecular complexity index is 1010. The number of aliphatic hydroxyl groups is 1. The predicted molar refractivity (Wildman–Crippen MR) is 103 cm³/mol. The van der Waals surface area contributed by atoms with Crippen LogP contribution >= 0.6 is 0 Å². The number of ether oxygens (including phenoxy) is 1. The van der Waals surface area contributed by atoms with Crippen LogP contribution in [-0.2, 0) is 0 Å². The van der Waals surface area contributed by atoms with E-state index >= 15 is 0 Å². The summed E-state index contributed by atoms with van der Waals surface area (Å²) in [5.74, 6) is 0.564. The summed E-state index contributed by atoms with van der Waals surface area (Å²) in [5, 5.41) is 27.0. The number of aliphatic hydroxyl groups excluding tert-OH is 1. The fraction of sp³-hybridized carbons (Fsp3) is 0.238. The number of amides is 1. The number of phenolic OH excluding ortho intramolecular Hbond substituents is 1. The molecule has 1 aliphatic rings. The zero-order valence-corrected chi connectivity index (χ0v) is 15.4. The van der Waals surface area contributed by atoms with Gasteiger partial charge < -0.3 is 19.8 Å². The number of aromatic hydroxyl groups is 1. The third-order valence-corrected chi connectivity index (χ3v) is 4.85. The molecule has 4 rings (SSSR count). The van der Waals surface area contributed by atoms with Crippen LogP contribution in [0, 0.1) is 0 Å². The summed E-state index contributed by atoms with van der Waals surface area (Å²) in [6, 6.07) is 14.0. The van der Waals surface area contributed by atoms with Gasteiger partial charge in [-0.3, -0.25) is 9.89 Å². The Morgan fingerprint density at radius 2 is 2.04 bits per heavy atom. The lowest BCUT2D eigenvalue weighted by Gasteiger charge is -2.26. The standard InChI is InChI=1S/C21H21N3O4/c1-2-28-14-7-5-6-13(12-14)20-17-18(15-8-3-4-9-16(15)26)22-23-19(17)21(27)24(20)10-11-25/h3-9,12,20,25-26H,2,10-11H2,1H3,(H,22,23)/t20-/m0/s1. The van der Waals surface area contributed by atoms with E-state index < -0.39 is 6.04 Å². The molecule has 7 heteroatoms. The Morgan fingerprint density at radius 3 is 2.79 bits per heavy atom. The minimum Gasteiger partial charge on any atom is -0.507 e. The highest BCUT2D eigenvalue weighted by atomic mass is 16.5. The number of hydrogen-bond acceptors (Lipinski definition) is 5. The number of phenols is 1. The first-order valence-electron chi connectivity index (χ1n) is 9.17. The van der Waals surface area contributed by atoms with Gasteiger partial charge in [0.15, 0.2) is 0 Å². The van der Waals surface area contributed by atoms with Crippen LogP contribution in [0.1, 0.15) is 34.6 Å². The molecule has 1 atom stereocenters. The van der Waals surface area contributed by atoms with Crippen LogP contribution in [0.4, 0.5) is 0 Å². The van der Waals surface area contributed by atoms with Crippen molar-refractivity contribution in [1.29, 1.82) is 0 Å². The molecule has 28 heavy (non-hydrogen) atoms. The molecule has 3 aromatic rings. The van der Waals surface area contributed by atoms with Crippen LogP contribution < -0.4 is 4.74 Å². The first-order chi connectivity index (χ1) is 13.7. The van der Waals surface area contributed by atoms with Crippen LogP contribution in [0.15, 0.2) is 48.5 Å². The molecule has 0 spiro atoms. The van der Waals surface area contributed by atoms with Crippen molar-refractivity contribution in [1.82, 2.24) is 15.1 Å². The average molecular weight is 379 g/mol. The van der Waals surface area contributed by atoms with Gasteiger partial charge in [-0.15, -0.1) is 0 Å². The average Bonchev–Trinajstić information content (AvgIpc) is 3.23. The fourth-order valence-corrected chi connectivity index (χ4v) is 3.70. The predicted octanol–water partition coefficient (Wildman–Crippen LogP) is 2.72. The largest absolute Gasteiger partial charge is 0.507 e. The normalized spacial score (nSPS) is 15.7. The molecule has 0 unspecified atom stereocenters. The van der Waals surface area contributed by atoms with Crippen LogP contribution in [0.2, 0.25) is 0 Å². The van der Waals surface area contributed by atoms with Gasteiger partial charge in [0.2, 0.25) is 0 Å². The van der Waals surface area contributed by atoms with Gasteiger partial charge in [0.05, 0.1) is 19.3 Å². The highest BCUT2D eigenvalue weighted by molar-refractivity contribution is 6.00. The number of benzene rings is 2. The van der Waals surface area contributed by atoms with Gasteiger partial charge in [0.1, 0.15) is 22.9 Å². The summed E-state index contributed by atoms with van der Waals surface area (Å²) in [6.45, 7) is 2.48. The van der Waals surface area contributed by atoms with Crippen molar-refractivity contribution in [3.05, 3.63) is 65.4 Å². The maximum atomic E-state index is 13.0. The molecule has 0 saturated carbocycles. The van der Waals surface area contributed by atoms with Crippen LogP contribution in [-0.4, -0.2) is 51.0 Å². The van der Waals surface area contributed by atoms with Crippen LogP contribution in [0.25, 0.3) is 11.3 Å². The van der Waals surface area contributed by atoms with Gasteiger partial charge in [0.25, 0.3) is 5.91 Å². The van der Waals surface area contributed by atoms with E-state index in [2.05, 4.69) is 10.2 Å². The second kappa shape index (κ2) is 7.36. The summed E-state index contributed by atoms with van der Waals surface area (Å²) in [4.78, 5) is 14.6. The minimum absolute atomic E-state index is 0.0895. The Morgan fingerprint density at radius 1 is 1.21 bits per heavy atom. The maximum Gasteiger partial charge on any atom is 0.273 e. The van der Waals surface area contributed by atoms with E-state index in [1.807, 2.05) is 37.3 Å². The number of fused-ring (bicyclic) bond motifs is 1. The van der Waals surface area contributed by atoms with E-state index in [-0.39, 0.29) is 24.8 Å². The molecular weight excluding hydrogens is 358 g/mol. The number of aromatic amines is 1. The molecule has 0 bridgehead atoms. The molecule has 0 aliphatic carbocycles. The van der Waals surface area contributed by atoms with E-state index in [0.717, 1.165) is 5.56 Å². The second-order valence-electron chi connectivity index (χ2n) is 6.51. The number of H-pyrrole nitrogens is 1. The van der Waals surface area contributed by atoms with E-state index in [9.17, 15) is 15.0 Å². The molecule has 1 amide bonds. The fourth-order valence-electron chi connectivity index (χ4n) is 3.70. The molecule has 144 valence electrons. The summed E-state index contributed by atoms with van der Waals surface area (Å²) < 4.78 is 5.62. The number of nitrogens with zero attached hydrogens (tertiary/aromatic N) is 2. The molecule has 7 nitrogen and oxygen atoms in total. The quantitative estimate of drug-likeness (QED) is 0.612. The number of carbonyl (C=O) groups excluding carboxylic acids is 1. The molecular formula is C21H21N3O4. The van der Waals surface area contributed by atoms with Gasteiger partial charge in [-0.2, -0.15) is 5.10 Å². The van der Waals surface area contributed by atoms with Gasteiger partial charge in [-0.1, -0.05) is 24.3 Å². The molecule has 0 fully saturated rings. The summed E-state index contributed by atoms with van der Waals surface area (Å²) in [7, 11) is 0. The third kappa shape index (κ3) is 2.90. The number of β-amino-alcohol motifs (C(OH)–C–C–N with tert-alkyl or cyclic N) is 1. The van der Waals surface area contributed by atoms with E-state index in [0.29, 0.717) is 34.9 Å². The lowest BCUT2D eigenvalue weighted by atomic mass is 9.95. The topological polar surface area (TPSA) is 98.7 Å². The lowest BCUT2D eigenvalue weighted by molar-refractivity contribution is 0.0706. The van der Waals surface area contributed by atoms with Gasteiger partial charge in [0, 0.05) is 17.7 Å². The molecule has 0 saturated heterocycles.